The van der Waals surface area contributed by atoms with Gasteiger partial charge in [-0.15, -0.1) is 45.3 Å². The van der Waals surface area contributed by atoms with Gasteiger partial charge in [0.2, 0.25) is 0 Å². The Bertz CT molecular complexity index is 8980. The largest absolute Gasteiger partial charge is 0.135 e. The highest BCUT2D eigenvalue weighted by molar-refractivity contribution is 7.28. The topological polar surface area (TPSA) is 0 Å². The van der Waals surface area contributed by atoms with Gasteiger partial charge in [-0.25, -0.2) is 0 Å². The number of hydrogen-bond donors (Lipinski definition) is 0. The zero-order valence-electron chi connectivity index (χ0n) is 67.2. The maximum Gasteiger partial charge on any atom is 0.0434 e. The molecule has 0 saturated heterocycles. The van der Waals surface area contributed by atoms with Crippen LogP contribution in [0, 0.1) is 0 Å². The van der Waals surface area contributed by atoms with Crippen LogP contribution >= 0.6 is 45.3 Å². The fourth-order valence-electron chi connectivity index (χ4n) is 20.1. The van der Waals surface area contributed by atoms with Gasteiger partial charge in [-0.3, -0.25) is 0 Å². The summed E-state index contributed by atoms with van der Waals surface area (Å²) in [5.74, 6) is 0. The summed E-state index contributed by atoms with van der Waals surface area (Å²) in [4.78, 5) is 0. The van der Waals surface area contributed by atoms with Crippen LogP contribution in [0.3, 0.4) is 0 Å². The van der Waals surface area contributed by atoms with Crippen molar-refractivity contribution in [2.24, 2.45) is 0 Å². The van der Waals surface area contributed by atoms with Crippen molar-refractivity contribution in [1.82, 2.24) is 0 Å². The van der Waals surface area contributed by atoms with Gasteiger partial charge in [0.1, 0.15) is 0 Å². The molecular formula is C120H72S4. The molecule has 0 fully saturated rings. The van der Waals surface area contributed by atoms with E-state index in [1.54, 1.807) is 0 Å². The van der Waals surface area contributed by atoms with Crippen LogP contribution in [0.1, 0.15) is 0 Å². The molecular weight excluding hydrogens is 1570 g/mol. The van der Waals surface area contributed by atoms with Crippen LogP contribution in [0.15, 0.2) is 437 Å². The van der Waals surface area contributed by atoms with E-state index in [1.807, 2.05) is 45.3 Å². The van der Waals surface area contributed by atoms with Crippen LogP contribution in [-0.4, -0.2) is 0 Å². The third-order valence-electron chi connectivity index (χ3n) is 25.8. The lowest BCUT2D eigenvalue weighted by molar-refractivity contribution is 1.63. The molecule has 0 nitrogen and oxygen atoms in total. The molecule has 27 rings (SSSR count). The van der Waals surface area contributed by atoms with E-state index in [-0.39, 0.29) is 0 Å². The molecule has 576 valence electrons. The Kier molecular flexibility index (Phi) is 17.2. The second-order valence-electron chi connectivity index (χ2n) is 32.6. The Labute approximate surface area is 731 Å². The summed E-state index contributed by atoms with van der Waals surface area (Å²) in [6.07, 6.45) is 0. The molecule has 0 aliphatic rings. The Hall–Kier alpha value is -14.7. The predicted molar refractivity (Wildman–Crippen MR) is 546 cm³/mol. The summed E-state index contributed by atoms with van der Waals surface area (Å²) in [6, 6.07) is 161. The number of benzene rings is 23. The first kappa shape index (κ1) is 72.1. The minimum absolute atomic E-state index is 1.24. The maximum atomic E-state index is 2.42. The van der Waals surface area contributed by atoms with Gasteiger partial charge in [-0.2, -0.15) is 0 Å². The summed E-state index contributed by atoms with van der Waals surface area (Å²) >= 11 is 7.62. The Morgan fingerprint density at radius 1 is 0.0968 bits per heavy atom. The number of rotatable bonds is 7. The van der Waals surface area contributed by atoms with Crippen molar-refractivity contribution in [3.63, 3.8) is 0 Å². The molecule has 124 heavy (non-hydrogen) atoms. The van der Waals surface area contributed by atoms with Crippen LogP contribution in [0.5, 0.6) is 0 Å². The van der Waals surface area contributed by atoms with E-state index in [1.165, 1.54) is 256 Å². The van der Waals surface area contributed by atoms with Gasteiger partial charge in [0.25, 0.3) is 0 Å². The van der Waals surface area contributed by atoms with Crippen LogP contribution in [0.2, 0.25) is 0 Å². The summed E-state index contributed by atoms with van der Waals surface area (Å²) < 4.78 is 10.8. The van der Waals surface area contributed by atoms with Gasteiger partial charge in [0, 0.05) is 80.7 Å². The highest BCUT2D eigenvalue weighted by Crippen LogP contribution is 2.51. The average Bonchev–Trinajstić information content (AvgIpc) is 0.978. The molecule has 0 N–H and O–H groups in total. The summed E-state index contributed by atoms with van der Waals surface area (Å²) in [7, 11) is 0. The van der Waals surface area contributed by atoms with E-state index >= 15 is 0 Å². The van der Waals surface area contributed by atoms with Gasteiger partial charge in [0.15, 0.2) is 0 Å². The molecule has 0 aliphatic carbocycles. The van der Waals surface area contributed by atoms with Crippen molar-refractivity contribution in [1.29, 1.82) is 0 Å². The molecule has 0 saturated carbocycles. The lowest BCUT2D eigenvalue weighted by Crippen LogP contribution is -1.86. The molecule has 4 heteroatoms. The van der Waals surface area contributed by atoms with Crippen LogP contribution < -0.4 is 0 Å². The minimum Gasteiger partial charge on any atom is -0.135 e. The highest BCUT2D eigenvalue weighted by atomic mass is 32.1. The number of hydrogen-bond acceptors (Lipinski definition) is 4. The molecule has 0 radical (unpaired) electrons. The van der Waals surface area contributed by atoms with E-state index in [0.29, 0.717) is 0 Å². The quantitative estimate of drug-likeness (QED) is 0.140. The van der Waals surface area contributed by atoms with Crippen LogP contribution in [0.25, 0.3) is 256 Å². The molecule has 27 aromatic rings. The van der Waals surface area contributed by atoms with Crippen LogP contribution in [-0.2, 0) is 0 Å². The molecule has 23 aromatic carbocycles. The van der Waals surface area contributed by atoms with Gasteiger partial charge in [0.05, 0.1) is 0 Å². The standard InChI is InChI=1S/C54H32S2.C36H22S.C30H18S/c1-2-13-33(14-3-1)37-21-9-25-46-47-26-10-22-38(52(47)55-51(37)46)34-15-8-16-35(31-34)39-23-11-27-48-49-28-12-24-40(54(49)56-53(39)48)36-29-30-45-43-19-5-4-17-41(43)42-18-6-7-20-44(42)50(45)32-36;1-2-13-29-27(11-1)28-12-3-4-14-30(28)34-22-24(19-20-31(29)34)23-9-7-10-25(21-23)26-16-8-17-33-32-15-5-6-18-35(32)37-36(26)33;1-2-10-23-21(8-1)22-9-3-4-11-24(22)28-18-19(16-17-25(23)28)20-13-7-14-27-26-12-5-6-15-29(26)31-30(20)27/h1-32H;1-22H;1-18H. The van der Waals surface area contributed by atoms with E-state index in [9.17, 15) is 0 Å². The number of thiophene rings is 4. The monoisotopic (exact) mass is 1640 g/mol. The van der Waals surface area contributed by atoms with E-state index in [4.69, 9.17) is 0 Å². The first-order valence-electron chi connectivity index (χ1n) is 42.5. The normalized spacial score (nSPS) is 11.9. The van der Waals surface area contributed by atoms with E-state index in [0.717, 1.165) is 0 Å². The molecule has 0 unspecified atom stereocenters. The van der Waals surface area contributed by atoms with Crippen molar-refractivity contribution in [3.05, 3.63) is 437 Å². The fraction of sp³-hybridized carbons (Fsp3) is 0. The molecule has 0 atom stereocenters. The summed E-state index contributed by atoms with van der Waals surface area (Å²) in [6.45, 7) is 0. The SMILES string of the molecule is c1cc(-c2ccc3c4ccccc4c4ccccc4c3c2)cc(-c2cccc3c2sc2ccccc23)c1.c1ccc(-c2cccc3c2sc2c(-c4cccc(-c5cccc6c5sc5c(-c7ccc8c9ccccc9c9ccccc9c8c7)cccc56)c4)cccc23)cc1.c1ccc2c(c1)sc1c(-c3ccc4c5ccccc5c5ccccc5c4c3)cccc12. The van der Waals surface area contributed by atoms with Crippen LogP contribution in [0.4, 0.5) is 0 Å². The van der Waals surface area contributed by atoms with E-state index < -0.39 is 0 Å². The summed E-state index contributed by atoms with van der Waals surface area (Å²) in [5.41, 5.74) is 17.8. The predicted octanol–water partition coefficient (Wildman–Crippen LogP) is 36.6. The zero-order chi connectivity index (χ0) is 81.5. The van der Waals surface area contributed by atoms with Gasteiger partial charge in [-0.05, 0) is 217 Å². The number of fused-ring (bicyclic) bond motifs is 30. The summed E-state index contributed by atoms with van der Waals surface area (Å²) in [5, 5.41) is 34.3. The Morgan fingerprint density at radius 2 is 0.282 bits per heavy atom. The first-order chi connectivity index (χ1) is 61.5. The molecule has 0 aliphatic heterocycles. The molecule has 0 bridgehead atoms. The minimum atomic E-state index is 1.24. The van der Waals surface area contributed by atoms with Crippen molar-refractivity contribution in [2.45, 2.75) is 0 Å². The second-order valence-corrected chi connectivity index (χ2v) is 36.7. The molecule has 4 heterocycles. The van der Waals surface area contributed by atoms with E-state index in [2.05, 4.69) is 437 Å². The average molecular weight is 1640 g/mol. The van der Waals surface area contributed by atoms with Crippen molar-refractivity contribution >= 4 is 223 Å². The smallest absolute Gasteiger partial charge is 0.0434 e. The first-order valence-corrected chi connectivity index (χ1v) is 45.7. The lowest BCUT2D eigenvalue weighted by atomic mass is 9.91. The molecule has 0 spiro atoms. The zero-order valence-corrected chi connectivity index (χ0v) is 70.5. The van der Waals surface area contributed by atoms with Gasteiger partial charge < -0.3 is 0 Å². The third-order valence-corrected chi connectivity index (χ3v) is 30.8. The maximum absolute atomic E-state index is 2.42. The van der Waals surface area contributed by atoms with Crippen molar-refractivity contribution in [2.75, 3.05) is 0 Å². The lowest BCUT2D eigenvalue weighted by Gasteiger charge is -2.12. The Balaban J connectivity index is 0.000000108. The van der Waals surface area contributed by atoms with Gasteiger partial charge >= 0.3 is 0 Å². The molecule has 0 amide bonds. The third kappa shape index (κ3) is 11.8. The molecule has 4 aromatic heterocycles. The fourth-order valence-corrected chi connectivity index (χ4v) is 25.3. The van der Waals surface area contributed by atoms with Gasteiger partial charge in [-0.1, -0.05) is 394 Å². The van der Waals surface area contributed by atoms with Crippen molar-refractivity contribution in [3.8, 4) is 77.9 Å². The van der Waals surface area contributed by atoms with Crippen molar-refractivity contribution < 1.29 is 0 Å². The highest BCUT2D eigenvalue weighted by Gasteiger charge is 2.22. The Morgan fingerprint density at radius 3 is 0.605 bits per heavy atom. The second kappa shape index (κ2) is 29.6.